The third kappa shape index (κ3) is 1.25. The van der Waals surface area contributed by atoms with E-state index in [4.69, 9.17) is 16.6 Å². The van der Waals surface area contributed by atoms with E-state index in [1.54, 1.807) is 12.5 Å². The van der Waals surface area contributed by atoms with E-state index in [9.17, 15) is 0 Å². The molecule has 12 heavy (non-hydrogen) atoms. The fourth-order valence-corrected chi connectivity index (χ4v) is 1.50. The largest absolute Gasteiger partial charge is 0.472 e. The highest BCUT2D eigenvalue weighted by Gasteiger charge is 2.09. The molecule has 0 spiro atoms. The van der Waals surface area contributed by atoms with E-state index in [2.05, 4.69) is 6.08 Å². The summed E-state index contributed by atoms with van der Waals surface area (Å²) in [6.45, 7) is 0. The van der Waals surface area contributed by atoms with Crippen molar-refractivity contribution in [3.05, 3.63) is 42.4 Å². The summed E-state index contributed by atoms with van der Waals surface area (Å²) < 4.78 is 4.99. The summed E-state index contributed by atoms with van der Waals surface area (Å²) in [6, 6.07) is 1.93. The third-order valence-corrected chi connectivity index (χ3v) is 2.22. The Morgan fingerprint density at radius 3 is 3.00 bits per heavy atom. The maximum absolute atomic E-state index is 5.21. The SMILES string of the molecule is S=C1CC=CC=C1c1ccoc1. The molecule has 0 aromatic carbocycles. The topological polar surface area (TPSA) is 13.1 Å². The van der Waals surface area contributed by atoms with Crippen LogP contribution in [0.5, 0.6) is 0 Å². The Morgan fingerprint density at radius 1 is 1.42 bits per heavy atom. The summed E-state index contributed by atoms with van der Waals surface area (Å²) in [4.78, 5) is 0.985. The van der Waals surface area contributed by atoms with Crippen molar-refractivity contribution in [2.75, 3.05) is 0 Å². The number of hydrogen-bond donors (Lipinski definition) is 0. The third-order valence-electron chi connectivity index (χ3n) is 1.83. The van der Waals surface area contributed by atoms with Gasteiger partial charge in [0, 0.05) is 16.8 Å². The number of hydrogen-bond acceptors (Lipinski definition) is 2. The van der Waals surface area contributed by atoms with Gasteiger partial charge in [0.1, 0.15) is 0 Å². The molecule has 0 atom stereocenters. The van der Waals surface area contributed by atoms with Gasteiger partial charge in [0.05, 0.1) is 12.5 Å². The van der Waals surface area contributed by atoms with Gasteiger partial charge >= 0.3 is 0 Å². The van der Waals surface area contributed by atoms with Crippen LogP contribution in [0.15, 0.2) is 41.2 Å². The van der Waals surface area contributed by atoms with Crippen molar-refractivity contribution in [1.82, 2.24) is 0 Å². The molecule has 2 heteroatoms. The first-order chi connectivity index (χ1) is 5.88. The summed E-state index contributed by atoms with van der Waals surface area (Å²) in [6.07, 6.45) is 10.4. The van der Waals surface area contributed by atoms with E-state index in [0.717, 1.165) is 22.4 Å². The van der Waals surface area contributed by atoms with Crippen LogP contribution in [-0.2, 0) is 0 Å². The maximum atomic E-state index is 5.21. The summed E-state index contributed by atoms with van der Waals surface area (Å²) in [7, 11) is 0. The van der Waals surface area contributed by atoms with Crippen molar-refractivity contribution < 1.29 is 4.42 Å². The lowest BCUT2D eigenvalue weighted by atomic mass is 10.00. The predicted octanol–water partition coefficient (Wildman–Crippen LogP) is 2.99. The van der Waals surface area contributed by atoms with Crippen LogP contribution in [-0.4, -0.2) is 4.86 Å². The quantitative estimate of drug-likeness (QED) is 0.610. The second kappa shape index (κ2) is 3.07. The Labute approximate surface area is 76.4 Å². The molecule has 0 saturated carbocycles. The maximum Gasteiger partial charge on any atom is 0.0981 e. The molecule has 0 amide bonds. The lowest BCUT2D eigenvalue weighted by molar-refractivity contribution is 0.566. The minimum absolute atomic E-state index is 0.867. The summed E-state index contributed by atoms with van der Waals surface area (Å²) >= 11 is 5.21. The molecule has 1 aliphatic carbocycles. The number of furan rings is 1. The molecule has 2 rings (SSSR count). The molecule has 0 N–H and O–H groups in total. The van der Waals surface area contributed by atoms with Crippen LogP contribution in [0.2, 0.25) is 0 Å². The summed E-state index contributed by atoms with van der Waals surface area (Å²) in [5.41, 5.74) is 2.19. The molecule has 0 bridgehead atoms. The average Bonchev–Trinajstić information content (AvgIpc) is 2.57. The fourth-order valence-electron chi connectivity index (χ4n) is 1.22. The highest BCUT2D eigenvalue weighted by atomic mass is 32.1. The lowest BCUT2D eigenvalue weighted by Crippen LogP contribution is -1.98. The van der Waals surface area contributed by atoms with Crippen molar-refractivity contribution in [3.8, 4) is 0 Å². The molecule has 0 fully saturated rings. The van der Waals surface area contributed by atoms with Gasteiger partial charge in [-0.05, 0) is 11.6 Å². The van der Waals surface area contributed by atoms with Crippen LogP contribution < -0.4 is 0 Å². The molecule has 1 aromatic heterocycles. The van der Waals surface area contributed by atoms with Crippen LogP contribution in [0.1, 0.15) is 12.0 Å². The normalized spacial score (nSPS) is 16.3. The monoisotopic (exact) mass is 176 g/mol. The van der Waals surface area contributed by atoms with Gasteiger partial charge in [0.2, 0.25) is 0 Å². The molecule has 0 aliphatic heterocycles. The van der Waals surface area contributed by atoms with Gasteiger partial charge in [-0.3, -0.25) is 0 Å². The minimum atomic E-state index is 0.867. The smallest absolute Gasteiger partial charge is 0.0981 e. The van der Waals surface area contributed by atoms with Gasteiger partial charge < -0.3 is 4.42 Å². The van der Waals surface area contributed by atoms with E-state index in [-0.39, 0.29) is 0 Å². The van der Waals surface area contributed by atoms with Crippen molar-refractivity contribution in [1.29, 1.82) is 0 Å². The van der Waals surface area contributed by atoms with Crippen molar-refractivity contribution in [2.24, 2.45) is 0 Å². The van der Waals surface area contributed by atoms with E-state index in [1.165, 1.54) is 0 Å². The molecule has 1 nitrogen and oxygen atoms in total. The average molecular weight is 176 g/mol. The standard InChI is InChI=1S/C10H8OS/c12-10-4-2-1-3-9(10)8-5-6-11-7-8/h1-3,5-7H,4H2. The van der Waals surface area contributed by atoms with E-state index in [0.29, 0.717) is 0 Å². The van der Waals surface area contributed by atoms with Crippen LogP contribution in [0.3, 0.4) is 0 Å². The zero-order valence-corrected chi connectivity index (χ0v) is 7.30. The molecule has 60 valence electrons. The molecule has 1 aromatic rings. The first-order valence-corrected chi connectivity index (χ1v) is 4.21. The minimum Gasteiger partial charge on any atom is -0.472 e. The number of rotatable bonds is 1. The van der Waals surface area contributed by atoms with Crippen LogP contribution >= 0.6 is 12.2 Å². The Bertz CT molecular complexity index is 344. The van der Waals surface area contributed by atoms with Crippen molar-refractivity contribution in [2.45, 2.75) is 6.42 Å². The Kier molecular flexibility index (Phi) is 1.92. The molecule has 0 unspecified atom stereocenters. The first kappa shape index (κ1) is 7.50. The molecule has 0 saturated heterocycles. The zero-order valence-electron chi connectivity index (χ0n) is 6.49. The van der Waals surface area contributed by atoms with Gasteiger partial charge in [-0.25, -0.2) is 0 Å². The molecule has 1 heterocycles. The zero-order chi connectivity index (χ0) is 8.39. The Balaban J connectivity index is 2.40. The Morgan fingerprint density at radius 2 is 2.33 bits per heavy atom. The van der Waals surface area contributed by atoms with Crippen molar-refractivity contribution in [3.63, 3.8) is 0 Å². The lowest BCUT2D eigenvalue weighted by Gasteiger charge is -2.07. The first-order valence-electron chi connectivity index (χ1n) is 3.80. The number of allylic oxidation sites excluding steroid dienone is 4. The van der Waals surface area contributed by atoms with E-state index < -0.39 is 0 Å². The molecular weight excluding hydrogens is 168 g/mol. The van der Waals surface area contributed by atoms with Crippen LogP contribution in [0, 0.1) is 0 Å². The molecular formula is C10H8OS. The molecule has 0 radical (unpaired) electrons. The van der Waals surface area contributed by atoms with Gasteiger partial charge in [-0.2, -0.15) is 0 Å². The van der Waals surface area contributed by atoms with Gasteiger partial charge in [0.25, 0.3) is 0 Å². The van der Waals surface area contributed by atoms with Crippen molar-refractivity contribution >= 4 is 22.7 Å². The van der Waals surface area contributed by atoms with E-state index >= 15 is 0 Å². The highest BCUT2D eigenvalue weighted by molar-refractivity contribution is 7.81. The van der Waals surface area contributed by atoms with Gasteiger partial charge in [0.15, 0.2) is 0 Å². The second-order valence-electron chi connectivity index (χ2n) is 2.65. The highest BCUT2D eigenvalue weighted by Crippen LogP contribution is 2.21. The van der Waals surface area contributed by atoms with E-state index in [1.807, 2.05) is 18.2 Å². The van der Waals surface area contributed by atoms with Gasteiger partial charge in [-0.15, -0.1) is 0 Å². The van der Waals surface area contributed by atoms with Crippen LogP contribution in [0.25, 0.3) is 5.57 Å². The molecule has 1 aliphatic rings. The Hall–Kier alpha value is -1.15. The second-order valence-corrected chi connectivity index (χ2v) is 3.14. The van der Waals surface area contributed by atoms with Gasteiger partial charge in [-0.1, -0.05) is 30.4 Å². The number of thiocarbonyl (C=S) groups is 1. The predicted molar refractivity (Wildman–Crippen MR) is 53.0 cm³/mol. The summed E-state index contributed by atoms with van der Waals surface area (Å²) in [5.74, 6) is 0. The fraction of sp³-hybridized carbons (Fsp3) is 0.100. The summed E-state index contributed by atoms with van der Waals surface area (Å²) in [5, 5.41) is 0. The van der Waals surface area contributed by atoms with Crippen LogP contribution in [0.4, 0.5) is 0 Å².